The number of rotatable bonds is 23. The Morgan fingerprint density at radius 2 is 1.10 bits per heavy atom. The third-order valence-corrected chi connectivity index (χ3v) is 8.22. The van der Waals surface area contributed by atoms with Crippen LogP contribution in [0.2, 0.25) is 0 Å². The Kier molecular flexibility index (Phi) is 16.4. The number of carboxylic acids is 1. The van der Waals surface area contributed by atoms with Gasteiger partial charge in [-0.05, 0) is 53.8 Å². The molecule has 4 N–H and O–H groups in total. The highest BCUT2D eigenvalue weighted by atomic mass is 16.5. The van der Waals surface area contributed by atoms with E-state index in [0.717, 1.165) is 68.1 Å². The molecule has 0 spiro atoms. The van der Waals surface area contributed by atoms with Gasteiger partial charge in [-0.1, -0.05) is 93.1 Å². The summed E-state index contributed by atoms with van der Waals surface area (Å²) >= 11 is 0. The zero-order valence-corrected chi connectivity index (χ0v) is 28.1. The highest BCUT2D eigenvalue weighted by Crippen LogP contribution is 2.41. The molecule has 0 heterocycles. The normalized spacial score (nSPS) is 11.8. The van der Waals surface area contributed by atoms with Crippen LogP contribution in [0, 0.1) is 0 Å². The molecule has 0 aliphatic carbocycles. The molecule has 0 aliphatic rings. The third-order valence-electron chi connectivity index (χ3n) is 8.22. The number of amides is 2. The Hall–Kier alpha value is -4.41. The molecule has 0 aromatic heterocycles. The average Bonchev–Trinajstić information content (AvgIpc) is 3.11. The molecule has 2 amide bonds. The molecule has 0 bridgehead atoms. The second kappa shape index (κ2) is 20.7. The van der Waals surface area contributed by atoms with Gasteiger partial charge in [-0.3, -0.25) is 14.4 Å². The monoisotopic (exact) mass is 662 g/mol. The second-order valence-corrected chi connectivity index (χ2v) is 11.7. The number of aliphatic carboxylic acids is 1. The Balaban J connectivity index is 1.51. The van der Waals surface area contributed by atoms with Gasteiger partial charge >= 0.3 is 5.97 Å². The molecule has 10 nitrogen and oxygen atoms in total. The van der Waals surface area contributed by atoms with Crippen molar-refractivity contribution in [3.05, 3.63) is 95.6 Å². The number of carboxylic acid groups (broad SMARTS) is 1. The standard InChI is InChI=1S/C38H50N2O8/c1-46-32-22-18-30(19-23-32)38(29-14-10-9-11-15-29,31-20-24-33(47-2)25-21-31)48-28-34(41)37(45)40-27-26-39-35(42)16-12-7-5-3-4-6-8-13-17-36(43)44/h9-11,14-15,18-25,34,41H,3-8,12-13,16-17,26-28H2,1-2H3,(H,39,42)(H,40,45)(H,43,44). The molecule has 3 rings (SSSR count). The van der Waals surface area contributed by atoms with Crippen LogP contribution >= 0.6 is 0 Å². The number of hydrogen-bond donors (Lipinski definition) is 4. The topological polar surface area (TPSA) is 143 Å². The van der Waals surface area contributed by atoms with Crippen LogP contribution < -0.4 is 20.1 Å². The molecular weight excluding hydrogens is 612 g/mol. The number of hydrogen-bond acceptors (Lipinski definition) is 7. The highest BCUT2D eigenvalue weighted by Gasteiger charge is 2.39. The minimum atomic E-state index is -1.46. The lowest BCUT2D eigenvalue weighted by atomic mass is 9.80. The van der Waals surface area contributed by atoms with E-state index in [1.165, 1.54) is 0 Å². The first kappa shape index (κ1) is 38.0. The van der Waals surface area contributed by atoms with Crippen molar-refractivity contribution in [3.63, 3.8) is 0 Å². The quantitative estimate of drug-likeness (QED) is 0.0760. The molecular formula is C38H50N2O8. The predicted molar refractivity (Wildman–Crippen MR) is 184 cm³/mol. The first-order chi connectivity index (χ1) is 23.3. The van der Waals surface area contributed by atoms with E-state index in [2.05, 4.69) is 10.6 Å². The maximum Gasteiger partial charge on any atom is 0.303 e. The van der Waals surface area contributed by atoms with E-state index in [-0.39, 0.29) is 32.0 Å². The van der Waals surface area contributed by atoms with Gasteiger partial charge in [-0.2, -0.15) is 0 Å². The molecule has 0 aliphatic heterocycles. The van der Waals surface area contributed by atoms with Crippen LogP contribution in [-0.2, 0) is 24.7 Å². The predicted octanol–water partition coefficient (Wildman–Crippen LogP) is 5.59. The van der Waals surface area contributed by atoms with Gasteiger partial charge in [0.05, 0.1) is 20.8 Å². The van der Waals surface area contributed by atoms with Crippen LogP contribution in [0.3, 0.4) is 0 Å². The van der Waals surface area contributed by atoms with Crippen molar-refractivity contribution in [2.45, 2.75) is 75.9 Å². The zero-order chi connectivity index (χ0) is 34.6. The second-order valence-electron chi connectivity index (χ2n) is 11.7. The molecule has 1 unspecified atom stereocenters. The van der Waals surface area contributed by atoms with Gasteiger partial charge < -0.3 is 35.1 Å². The molecule has 0 fully saturated rings. The van der Waals surface area contributed by atoms with Crippen molar-refractivity contribution in [2.75, 3.05) is 33.9 Å². The van der Waals surface area contributed by atoms with Gasteiger partial charge in [-0.15, -0.1) is 0 Å². The molecule has 3 aromatic rings. The maximum atomic E-state index is 12.9. The summed E-state index contributed by atoms with van der Waals surface area (Å²) in [5.74, 6) is -0.0523. The summed E-state index contributed by atoms with van der Waals surface area (Å²) in [5.41, 5.74) is 1.20. The van der Waals surface area contributed by atoms with Crippen LogP contribution in [0.1, 0.15) is 80.9 Å². The van der Waals surface area contributed by atoms with Crippen molar-refractivity contribution in [2.24, 2.45) is 0 Å². The van der Waals surface area contributed by atoms with E-state index >= 15 is 0 Å². The van der Waals surface area contributed by atoms with Crippen molar-refractivity contribution in [3.8, 4) is 11.5 Å². The summed E-state index contributed by atoms with van der Waals surface area (Å²) in [7, 11) is 3.20. The van der Waals surface area contributed by atoms with Crippen LogP contribution in [0.15, 0.2) is 78.9 Å². The number of benzene rings is 3. The van der Waals surface area contributed by atoms with E-state index < -0.39 is 23.6 Å². The summed E-state index contributed by atoms with van der Waals surface area (Å²) < 4.78 is 17.3. The smallest absolute Gasteiger partial charge is 0.303 e. The summed E-state index contributed by atoms with van der Waals surface area (Å²) in [6, 6.07) is 24.6. The summed E-state index contributed by atoms with van der Waals surface area (Å²) in [6.45, 7) is 0.123. The number of aliphatic hydroxyl groups is 1. The lowest BCUT2D eigenvalue weighted by Crippen LogP contribution is -2.43. The van der Waals surface area contributed by atoms with Gasteiger partial charge in [0.2, 0.25) is 5.91 Å². The maximum absolute atomic E-state index is 12.9. The number of ether oxygens (including phenoxy) is 3. The fraction of sp³-hybridized carbons (Fsp3) is 0.447. The molecule has 48 heavy (non-hydrogen) atoms. The van der Waals surface area contributed by atoms with E-state index in [4.69, 9.17) is 19.3 Å². The van der Waals surface area contributed by atoms with Crippen molar-refractivity contribution in [1.82, 2.24) is 10.6 Å². The zero-order valence-electron chi connectivity index (χ0n) is 28.1. The van der Waals surface area contributed by atoms with Crippen LogP contribution in [0.4, 0.5) is 0 Å². The minimum absolute atomic E-state index is 0.0755. The Labute approximate surface area is 283 Å². The fourth-order valence-electron chi connectivity index (χ4n) is 5.57. The van der Waals surface area contributed by atoms with E-state index in [1.807, 2.05) is 78.9 Å². The fourth-order valence-corrected chi connectivity index (χ4v) is 5.57. The Morgan fingerprint density at radius 1 is 0.646 bits per heavy atom. The molecule has 3 aromatic carbocycles. The largest absolute Gasteiger partial charge is 0.497 e. The number of methoxy groups -OCH3 is 2. The van der Waals surface area contributed by atoms with Crippen LogP contribution in [-0.4, -0.2) is 68.0 Å². The first-order valence-electron chi connectivity index (χ1n) is 16.7. The third kappa shape index (κ3) is 12.0. The number of carbonyl (C=O) groups excluding carboxylic acids is 2. The van der Waals surface area contributed by atoms with Crippen LogP contribution in [0.25, 0.3) is 0 Å². The van der Waals surface area contributed by atoms with Gasteiger partial charge in [0.25, 0.3) is 5.91 Å². The number of unbranched alkanes of at least 4 members (excludes halogenated alkanes) is 7. The van der Waals surface area contributed by atoms with E-state index in [1.54, 1.807) is 14.2 Å². The Morgan fingerprint density at radius 3 is 1.60 bits per heavy atom. The minimum Gasteiger partial charge on any atom is -0.497 e. The number of aliphatic hydroxyl groups excluding tert-OH is 1. The molecule has 10 heteroatoms. The van der Waals surface area contributed by atoms with Crippen molar-refractivity contribution < 1.29 is 38.8 Å². The lowest BCUT2D eigenvalue weighted by molar-refractivity contribution is -0.137. The van der Waals surface area contributed by atoms with Gasteiger partial charge in [0.15, 0.2) is 6.10 Å². The first-order valence-corrected chi connectivity index (χ1v) is 16.7. The average molecular weight is 663 g/mol. The molecule has 0 saturated heterocycles. The summed E-state index contributed by atoms with van der Waals surface area (Å²) in [6.07, 6.45) is 6.87. The number of nitrogens with one attached hydrogen (secondary N) is 2. The summed E-state index contributed by atoms with van der Waals surface area (Å²) in [5, 5.41) is 25.0. The van der Waals surface area contributed by atoms with Crippen molar-refractivity contribution in [1.29, 1.82) is 0 Å². The number of carbonyl (C=O) groups is 3. The van der Waals surface area contributed by atoms with E-state index in [9.17, 15) is 19.5 Å². The lowest BCUT2D eigenvalue weighted by Gasteiger charge is -2.36. The Bertz CT molecular complexity index is 1330. The SMILES string of the molecule is COc1ccc(C(OCC(O)C(=O)NCCNC(=O)CCCCCCCCCCC(=O)O)(c2ccccc2)c2ccc(OC)cc2)cc1. The highest BCUT2D eigenvalue weighted by molar-refractivity contribution is 5.80. The van der Waals surface area contributed by atoms with Gasteiger partial charge in [0.1, 0.15) is 17.1 Å². The molecule has 0 saturated carbocycles. The van der Waals surface area contributed by atoms with E-state index in [0.29, 0.717) is 17.9 Å². The molecule has 260 valence electrons. The summed E-state index contributed by atoms with van der Waals surface area (Å²) in [4.78, 5) is 35.6. The van der Waals surface area contributed by atoms with Crippen molar-refractivity contribution >= 4 is 17.8 Å². The van der Waals surface area contributed by atoms with Gasteiger partial charge in [0, 0.05) is 25.9 Å². The molecule has 1 atom stereocenters. The molecule has 0 radical (unpaired) electrons. The van der Waals surface area contributed by atoms with Crippen LogP contribution in [0.5, 0.6) is 11.5 Å². The van der Waals surface area contributed by atoms with Gasteiger partial charge in [-0.25, -0.2) is 0 Å².